The average Bonchev–Trinajstić information content (AvgIpc) is 3.92. The van der Waals surface area contributed by atoms with E-state index in [1.54, 1.807) is 15.9 Å². The molecule has 0 fully saturated rings. The first-order valence-electron chi connectivity index (χ1n) is 19.4. The molecule has 6 heteroatoms. The van der Waals surface area contributed by atoms with Crippen molar-refractivity contribution in [1.29, 1.82) is 0 Å². The SMILES string of the molecule is [2H]c1cc([2H])c2c(c1[2H])c1c([2H])c([2H])cc([2H])c1n2-c1cccc2c1oc1cc(-c3nc(-c4ccccc4)nc(-c4cccc5sc6ccccc6c45)n3)ccc12. The minimum atomic E-state index is -0.167. The van der Waals surface area contributed by atoms with Gasteiger partial charge >= 0.3 is 0 Å². The molecule has 0 aliphatic carbocycles. The van der Waals surface area contributed by atoms with Crippen LogP contribution in [-0.4, -0.2) is 19.5 Å². The van der Waals surface area contributed by atoms with E-state index in [1.165, 1.54) is 16.8 Å². The summed E-state index contributed by atoms with van der Waals surface area (Å²) in [7, 11) is 0. The van der Waals surface area contributed by atoms with Crippen LogP contribution >= 0.6 is 11.3 Å². The third-order valence-corrected chi connectivity index (χ3v) is 10.6. The Morgan fingerprint density at radius 3 is 2.04 bits per heavy atom. The van der Waals surface area contributed by atoms with Crippen molar-refractivity contribution in [3.05, 3.63) is 158 Å². The summed E-state index contributed by atoms with van der Waals surface area (Å²) < 4.78 is 63.0. The monoisotopic (exact) mass is 676 g/mol. The van der Waals surface area contributed by atoms with Crippen LogP contribution in [0, 0.1) is 0 Å². The Bertz CT molecular complexity index is 3430. The van der Waals surface area contributed by atoms with Gasteiger partial charge in [-0.3, -0.25) is 0 Å². The highest BCUT2D eigenvalue weighted by Gasteiger charge is 2.20. The number of para-hydroxylation sites is 3. The lowest BCUT2D eigenvalue weighted by Crippen LogP contribution is -2.00. The van der Waals surface area contributed by atoms with Gasteiger partial charge in [-0.2, -0.15) is 0 Å². The Hall–Kier alpha value is -6.63. The topological polar surface area (TPSA) is 56.7 Å². The highest BCUT2D eigenvalue weighted by Crippen LogP contribution is 2.41. The van der Waals surface area contributed by atoms with E-state index in [2.05, 4.69) is 24.3 Å². The molecule has 0 saturated carbocycles. The molecule has 5 nitrogen and oxygen atoms in total. The number of aromatic nitrogens is 4. The number of thiophene rings is 1. The zero-order valence-corrected chi connectivity index (χ0v) is 27.5. The fourth-order valence-electron chi connectivity index (χ4n) is 7.16. The lowest BCUT2D eigenvalue weighted by atomic mass is 10.1. The molecule has 11 rings (SSSR count). The first-order chi connectivity index (χ1) is 27.7. The Morgan fingerprint density at radius 1 is 0.529 bits per heavy atom. The fraction of sp³-hybridized carbons (Fsp3) is 0. The largest absolute Gasteiger partial charge is 0.454 e. The summed E-state index contributed by atoms with van der Waals surface area (Å²) in [4.78, 5) is 15.1. The van der Waals surface area contributed by atoms with E-state index in [1.807, 2.05) is 84.9 Å². The Labute approximate surface area is 304 Å². The van der Waals surface area contributed by atoms with Gasteiger partial charge in [-0.15, -0.1) is 11.3 Å². The summed E-state index contributed by atoms with van der Waals surface area (Å²) in [5.74, 6) is 1.57. The van der Waals surface area contributed by atoms with Gasteiger partial charge in [-0.25, -0.2) is 15.0 Å². The van der Waals surface area contributed by atoms with Crippen molar-refractivity contribution in [2.45, 2.75) is 0 Å². The van der Waals surface area contributed by atoms with Crippen molar-refractivity contribution in [3.63, 3.8) is 0 Å². The third-order valence-electron chi connectivity index (χ3n) is 9.42. The zero-order valence-electron chi connectivity index (χ0n) is 32.7. The molecule has 0 N–H and O–H groups in total. The minimum Gasteiger partial charge on any atom is -0.454 e. The fourth-order valence-corrected chi connectivity index (χ4v) is 8.29. The lowest BCUT2D eigenvalue weighted by Gasteiger charge is -2.09. The van der Waals surface area contributed by atoms with Gasteiger partial charge in [-0.1, -0.05) is 115 Å². The van der Waals surface area contributed by atoms with Crippen LogP contribution in [0.5, 0.6) is 0 Å². The van der Waals surface area contributed by atoms with Crippen molar-refractivity contribution < 1.29 is 12.6 Å². The first-order valence-corrected chi connectivity index (χ1v) is 17.3. The predicted octanol–water partition coefficient (Wildman–Crippen LogP) is 12.2. The van der Waals surface area contributed by atoms with Crippen LogP contribution in [0.25, 0.3) is 104 Å². The van der Waals surface area contributed by atoms with E-state index in [9.17, 15) is 0 Å². The third kappa shape index (κ3) is 4.30. The van der Waals surface area contributed by atoms with Crippen LogP contribution in [0.1, 0.15) is 8.22 Å². The van der Waals surface area contributed by atoms with E-state index in [0.717, 1.165) is 37.4 Å². The van der Waals surface area contributed by atoms with Crippen LogP contribution in [0.4, 0.5) is 0 Å². The van der Waals surface area contributed by atoms with Crippen molar-refractivity contribution in [3.8, 4) is 39.9 Å². The Balaban J connectivity index is 1.15. The molecule has 0 spiro atoms. The van der Waals surface area contributed by atoms with Crippen LogP contribution in [-0.2, 0) is 0 Å². The van der Waals surface area contributed by atoms with Crippen LogP contribution in [0.15, 0.2) is 162 Å². The normalized spacial score (nSPS) is 13.6. The predicted molar refractivity (Wildman–Crippen MR) is 211 cm³/mol. The summed E-state index contributed by atoms with van der Waals surface area (Å²) in [5, 5.41) is 4.23. The van der Waals surface area contributed by atoms with E-state index >= 15 is 0 Å². The number of rotatable bonds is 4. The summed E-state index contributed by atoms with van der Waals surface area (Å²) in [6, 6.07) is 37.8. The van der Waals surface area contributed by atoms with E-state index in [0.29, 0.717) is 39.9 Å². The molecule has 0 unspecified atom stereocenters. The van der Waals surface area contributed by atoms with Crippen LogP contribution in [0.2, 0.25) is 0 Å². The van der Waals surface area contributed by atoms with Crippen LogP contribution < -0.4 is 0 Å². The van der Waals surface area contributed by atoms with Crippen LogP contribution in [0.3, 0.4) is 0 Å². The maximum atomic E-state index is 8.95. The van der Waals surface area contributed by atoms with Crippen molar-refractivity contribution >= 4 is 75.3 Å². The smallest absolute Gasteiger partial charge is 0.164 e. The number of nitrogens with zero attached hydrogens (tertiary/aromatic N) is 4. The maximum absolute atomic E-state index is 8.95. The standard InChI is InChI=1S/C45H26N4OS/c1-2-12-27(13-3-1)43-46-44(48-45(47-43)34-18-11-23-40-41(34)33-16-6-9-22-39(33)51-40)28-24-25-31-32-17-10-21-37(42(32)50-38(31)26-28)49-35-19-7-4-14-29(35)30-15-5-8-20-36(30)49/h1-26H/i4D,5D,14D,15D,19D,20D. The van der Waals surface area contributed by atoms with E-state index in [-0.39, 0.29) is 58.1 Å². The molecule has 0 radical (unpaired) electrons. The summed E-state index contributed by atoms with van der Waals surface area (Å²) in [5.41, 5.74) is 4.57. The van der Waals surface area contributed by atoms with Crippen molar-refractivity contribution in [2.24, 2.45) is 0 Å². The second-order valence-electron chi connectivity index (χ2n) is 12.3. The Morgan fingerprint density at radius 2 is 1.22 bits per heavy atom. The second-order valence-corrected chi connectivity index (χ2v) is 13.4. The number of benzene rings is 7. The summed E-state index contributed by atoms with van der Waals surface area (Å²) in [6.07, 6.45) is 0. The molecule has 51 heavy (non-hydrogen) atoms. The molecular weight excluding hydrogens is 645 g/mol. The lowest BCUT2D eigenvalue weighted by molar-refractivity contribution is 0.666. The van der Waals surface area contributed by atoms with Gasteiger partial charge in [0.15, 0.2) is 23.1 Å². The summed E-state index contributed by atoms with van der Waals surface area (Å²) in [6.45, 7) is 0. The number of hydrogen-bond donors (Lipinski definition) is 0. The van der Waals surface area contributed by atoms with E-state index < -0.39 is 0 Å². The number of fused-ring (bicyclic) bond motifs is 9. The molecule has 0 aliphatic rings. The van der Waals surface area contributed by atoms with Gasteiger partial charge < -0.3 is 8.98 Å². The van der Waals surface area contributed by atoms with Gasteiger partial charge in [0.05, 0.1) is 24.9 Å². The van der Waals surface area contributed by atoms with Crippen molar-refractivity contribution in [2.75, 3.05) is 0 Å². The minimum absolute atomic E-state index is 0.0334. The molecule has 0 saturated heterocycles. The molecule has 238 valence electrons. The summed E-state index contributed by atoms with van der Waals surface area (Å²) >= 11 is 1.74. The van der Waals surface area contributed by atoms with Gasteiger partial charge in [0.25, 0.3) is 0 Å². The average molecular weight is 677 g/mol. The second kappa shape index (κ2) is 10.9. The highest BCUT2D eigenvalue weighted by molar-refractivity contribution is 7.25. The first kappa shape index (κ1) is 22.9. The van der Waals surface area contributed by atoms with Crippen molar-refractivity contribution in [1.82, 2.24) is 19.5 Å². The molecule has 4 aromatic heterocycles. The molecule has 0 amide bonds. The maximum Gasteiger partial charge on any atom is 0.164 e. The van der Waals surface area contributed by atoms with Gasteiger partial charge in [0, 0.05) is 58.4 Å². The van der Waals surface area contributed by atoms with Gasteiger partial charge in [-0.05, 0) is 42.4 Å². The molecule has 7 aromatic carbocycles. The molecule has 4 heterocycles. The van der Waals surface area contributed by atoms with Gasteiger partial charge in [0.2, 0.25) is 0 Å². The molecule has 0 bridgehead atoms. The highest BCUT2D eigenvalue weighted by atomic mass is 32.1. The molecular formula is C45H26N4OS. The molecule has 0 atom stereocenters. The molecule has 11 aromatic rings. The van der Waals surface area contributed by atoms with E-state index in [4.69, 9.17) is 27.6 Å². The zero-order chi connectivity index (χ0) is 38.7. The number of furan rings is 1. The number of hydrogen-bond acceptors (Lipinski definition) is 5. The molecule has 0 aliphatic heterocycles. The van der Waals surface area contributed by atoms with Gasteiger partial charge in [0.1, 0.15) is 5.58 Å². The Kier molecular flexibility index (Phi) is 4.91. The quantitative estimate of drug-likeness (QED) is 0.186.